The number of halogens is 1. The van der Waals surface area contributed by atoms with Crippen molar-refractivity contribution in [3.8, 4) is 11.5 Å². The fraction of sp³-hybridized carbons (Fsp3) is 0.333. The van der Waals surface area contributed by atoms with E-state index in [2.05, 4.69) is 5.10 Å². The first-order valence-electron chi connectivity index (χ1n) is 5.81. The first-order chi connectivity index (χ1) is 9.15. The van der Waals surface area contributed by atoms with Gasteiger partial charge in [-0.1, -0.05) is 11.6 Å². The summed E-state index contributed by atoms with van der Waals surface area (Å²) in [5.74, 6) is 1.17. The van der Waals surface area contributed by atoms with Crippen LogP contribution in [0.3, 0.4) is 0 Å². The topological polar surface area (TPSA) is 58.3 Å². The largest absolute Gasteiger partial charge is 0.486 e. The number of benzene rings is 1. The quantitative estimate of drug-likeness (QED) is 0.826. The Kier molecular flexibility index (Phi) is 2.94. The summed E-state index contributed by atoms with van der Waals surface area (Å²) in [6, 6.07) is 3.58. The highest BCUT2D eigenvalue weighted by molar-refractivity contribution is 6.32. The molecule has 1 aromatic carbocycles. The smallest absolute Gasteiger partial charge is 0.345 e. The second-order valence-corrected chi connectivity index (χ2v) is 4.69. The van der Waals surface area contributed by atoms with Crippen molar-refractivity contribution < 1.29 is 9.47 Å². The fourth-order valence-electron chi connectivity index (χ4n) is 1.96. The van der Waals surface area contributed by atoms with Crippen LogP contribution in [0.5, 0.6) is 11.5 Å². The van der Waals surface area contributed by atoms with Crippen molar-refractivity contribution in [3.05, 3.63) is 39.5 Å². The van der Waals surface area contributed by atoms with E-state index in [9.17, 15) is 4.79 Å². The van der Waals surface area contributed by atoms with Gasteiger partial charge in [-0.05, 0) is 17.7 Å². The van der Waals surface area contributed by atoms with Gasteiger partial charge in [-0.2, -0.15) is 5.10 Å². The first kappa shape index (κ1) is 12.1. The second-order valence-electron chi connectivity index (χ2n) is 4.28. The van der Waals surface area contributed by atoms with E-state index in [0.29, 0.717) is 36.3 Å². The van der Waals surface area contributed by atoms with E-state index in [4.69, 9.17) is 21.1 Å². The Labute approximate surface area is 114 Å². The Morgan fingerprint density at radius 3 is 2.89 bits per heavy atom. The monoisotopic (exact) mass is 281 g/mol. The lowest BCUT2D eigenvalue weighted by atomic mass is 10.2. The minimum Gasteiger partial charge on any atom is -0.486 e. The number of nitrogens with zero attached hydrogens (tertiary/aromatic N) is 3. The fourth-order valence-corrected chi connectivity index (χ4v) is 2.25. The van der Waals surface area contributed by atoms with Crippen LogP contribution >= 0.6 is 11.6 Å². The van der Waals surface area contributed by atoms with Gasteiger partial charge in [-0.3, -0.25) is 4.57 Å². The molecule has 0 amide bonds. The number of ether oxygens (including phenoxy) is 2. The summed E-state index contributed by atoms with van der Waals surface area (Å²) in [4.78, 5) is 11.7. The maximum absolute atomic E-state index is 11.7. The zero-order valence-electron chi connectivity index (χ0n) is 10.3. The van der Waals surface area contributed by atoms with E-state index < -0.39 is 0 Å². The molecule has 1 aliphatic heterocycles. The molecule has 2 aromatic rings. The van der Waals surface area contributed by atoms with Crippen LogP contribution in [-0.4, -0.2) is 27.6 Å². The van der Waals surface area contributed by atoms with Gasteiger partial charge in [0.2, 0.25) is 0 Å². The Morgan fingerprint density at radius 1 is 1.37 bits per heavy atom. The van der Waals surface area contributed by atoms with Gasteiger partial charge in [-0.25, -0.2) is 9.48 Å². The van der Waals surface area contributed by atoms with Crippen molar-refractivity contribution in [1.29, 1.82) is 0 Å². The lowest BCUT2D eigenvalue weighted by Crippen LogP contribution is -2.23. The van der Waals surface area contributed by atoms with Gasteiger partial charge in [0, 0.05) is 7.05 Å². The molecule has 0 N–H and O–H groups in total. The van der Waals surface area contributed by atoms with Crippen molar-refractivity contribution in [1.82, 2.24) is 14.3 Å². The first-order valence-corrected chi connectivity index (χ1v) is 6.19. The summed E-state index contributed by atoms with van der Waals surface area (Å²) in [5.41, 5.74) is 0.668. The van der Waals surface area contributed by atoms with Crippen molar-refractivity contribution in [2.45, 2.75) is 6.54 Å². The van der Waals surface area contributed by atoms with Gasteiger partial charge in [0.15, 0.2) is 11.5 Å². The molecule has 1 aliphatic rings. The predicted octanol–water partition coefficient (Wildman–Crippen LogP) is 1.05. The molecule has 0 atom stereocenters. The number of aryl methyl sites for hydroxylation is 1. The molecular formula is C12H12ClN3O3. The summed E-state index contributed by atoms with van der Waals surface area (Å²) < 4.78 is 13.7. The van der Waals surface area contributed by atoms with Crippen LogP contribution in [0.15, 0.2) is 23.3 Å². The highest BCUT2D eigenvalue weighted by atomic mass is 35.5. The van der Waals surface area contributed by atoms with Gasteiger partial charge in [-0.15, -0.1) is 0 Å². The third kappa shape index (κ3) is 2.19. The van der Waals surface area contributed by atoms with Crippen molar-refractivity contribution in [2.24, 2.45) is 7.05 Å². The summed E-state index contributed by atoms with van der Waals surface area (Å²) in [5, 5.41) is 4.49. The van der Waals surface area contributed by atoms with Crippen LogP contribution in [0.25, 0.3) is 0 Å². The molecule has 0 spiro atoms. The lowest BCUT2D eigenvalue weighted by molar-refractivity contribution is 0.171. The van der Waals surface area contributed by atoms with Crippen molar-refractivity contribution in [3.63, 3.8) is 0 Å². The van der Waals surface area contributed by atoms with Gasteiger partial charge < -0.3 is 9.47 Å². The Bertz CT molecular complexity index is 677. The number of hydrogen-bond donors (Lipinski definition) is 0. The third-order valence-corrected chi connectivity index (χ3v) is 3.16. The van der Waals surface area contributed by atoms with E-state index in [1.165, 1.54) is 15.6 Å². The molecule has 19 heavy (non-hydrogen) atoms. The average Bonchev–Trinajstić information content (AvgIpc) is 2.71. The molecule has 0 radical (unpaired) electrons. The molecule has 7 heteroatoms. The molecule has 0 bridgehead atoms. The second kappa shape index (κ2) is 4.62. The van der Waals surface area contributed by atoms with Crippen LogP contribution in [-0.2, 0) is 13.6 Å². The van der Waals surface area contributed by atoms with E-state index in [1.54, 1.807) is 13.1 Å². The van der Waals surface area contributed by atoms with Gasteiger partial charge in [0.05, 0.1) is 11.6 Å². The van der Waals surface area contributed by atoms with E-state index in [-0.39, 0.29) is 5.69 Å². The highest BCUT2D eigenvalue weighted by Crippen LogP contribution is 2.38. The Balaban J connectivity index is 1.96. The summed E-state index contributed by atoms with van der Waals surface area (Å²) in [7, 11) is 1.66. The predicted molar refractivity (Wildman–Crippen MR) is 69.0 cm³/mol. The molecule has 3 rings (SSSR count). The highest BCUT2D eigenvalue weighted by Gasteiger charge is 2.17. The van der Waals surface area contributed by atoms with Crippen LogP contribution in [0.4, 0.5) is 0 Å². The van der Waals surface area contributed by atoms with E-state index in [0.717, 1.165) is 5.56 Å². The standard InChI is InChI=1S/C12H12ClN3O3/c1-15-7-14-16(12(15)17)6-8-4-9(13)11-10(5-8)18-2-3-19-11/h4-5,7H,2-3,6H2,1H3. The molecule has 100 valence electrons. The average molecular weight is 282 g/mol. The summed E-state index contributed by atoms with van der Waals surface area (Å²) in [6.45, 7) is 1.33. The number of fused-ring (bicyclic) bond motifs is 1. The van der Waals surface area contributed by atoms with Gasteiger partial charge >= 0.3 is 5.69 Å². The van der Waals surface area contributed by atoms with Gasteiger partial charge in [0.1, 0.15) is 19.5 Å². The molecule has 1 aromatic heterocycles. The van der Waals surface area contributed by atoms with E-state index in [1.807, 2.05) is 6.07 Å². The van der Waals surface area contributed by atoms with Crippen LogP contribution < -0.4 is 15.2 Å². The van der Waals surface area contributed by atoms with Crippen molar-refractivity contribution >= 4 is 11.6 Å². The normalized spacial score (nSPS) is 13.6. The molecule has 0 aliphatic carbocycles. The van der Waals surface area contributed by atoms with Crippen LogP contribution in [0.1, 0.15) is 5.56 Å². The van der Waals surface area contributed by atoms with Crippen LogP contribution in [0, 0.1) is 0 Å². The Morgan fingerprint density at radius 2 is 2.16 bits per heavy atom. The summed E-state index contributed by atoms with van der Waals surface area (Å²) in [6.07, 6.45) is 1.47. The molecule has 0 saturated heterocycles. The molecule has 6 nitrogen and oxygen atoms in total. The lowest BCUT2D eigenvalue weighted by Gasteiger charge is -2.20. The van der Waals surface area contributed by atoms with Crippen molar-refractivity contribution in [2.75, 3.05) is 13.2 Å². The Hall–Kier alpha value is -1.95. The minimum absolute atomic E-state index is 0.175. The molecular weight excluding hydrogens is 270 g/mol. The van der Waals surface area contributed by atoms with Gasteiger partial charge in [0.25, 0.3) is 0 Å². The molecule has 0 unspecified atom stereocenters. The SMILES string of the molecule is Cn1cnn(Cc2cc(Cl)c3c(c2)OCCO3)c1=O. The molecule has 2 heterocycles. The number of hydrogen-bond acceptors (Lipinski definition) is 4. The maximum atomic E-state index is 11.7. The van der Waals surface area contributed by atoms with E-state index >= 15 is 0 Å². The molecule has 0 saturated carbocycles. The molecule has 0 fully saturated rings. The minimum atomic E-state index is -0.175. The maximum Gasteiger partial charge on any atom is 0.345 e. The summed E-state index contributed by atoms with van der Waals surface area (Å²) >= 11 is 6.14. The zero-order valence-corrected chi connectivity index (χ0v) is 11.1. The number of aromatic nitrogens is 3. The third-order valence-electron chi connectivity index (χ3n) is 2.88. The van der Waals surface area contributed by atoms with Crippen LogP contribution in [0.2, 0.25) is 5.02 Å². The zero-order chi connectivity index (χ0) is 13.4. The number of rotatable bonds is 2.